The second kappa shape index (κ2) is 6.96. The molecule has 0 unspecified atom stereocenters. The number of aliphatic hydroxyl groups excluding tert-OH is 1. The summed E-state index contributed by atoms with van der Waals surface area (Å²) in [5, 5.41) is 14.7. The molecule has 0 atom stereocenters. The number of hydrogen-bond acceptors (Lipinski definition) is 2. The van der Waals surface area contributed by atoms with Crippen molar-refractivity contribution in [1.82, 2.24) is 10.6 Å². The first-order chi connectivity index (χ1) is 8.06. The van der Waals surface area contributed by atoms with Crippen LogP contribution in [0.4, 0.5) is 4.39 Å². The number of thiocarbonyl (C=S) groups is 1. The predicted molar refractivity (Wildman–Crippen MR) is 70.9 cm³/mol. The van der Waals surface area contributed by atoms with Crippen LogP contribution in [0.2, 0.25) is 10.0 Å². The Morgan fingerprint density at radius 3 is 2.59 bits per heavy atom. The van der Waals surface area contributed by atoms with E-state index in [1.54, 1.807) is 0 Å². The second-order valence-corrected chi connectivity index (χ2v) is 4.38. The van der Waals surface area contributed by atoms with Crippen LogP contribution in [0.1, 0.15) is 5.56 Å². The van der Waals surface area contributed by atoms with Crippen molar-refractivity contribution in [2.24, 2.45) is 0 Å². The van der Waals surface area contributed by atoms with Gasteiger partial charge < -0.3 is 15.7 Å². The van der Waals surface area contributed by atoms with Crippen molar-refractivity contribution in [3.05, 3.63) is 33.6 Å². The van der Waals surface area contributed by atoms with E-state index in [1.165, 1.54) is 12.1 Å². The molecule has 0 saturated carbocycles. The highest BCUT2D eigenvalue weighted by Crippen LogP contribution is 2.25. The van der Waals surface area contributed by atoms with E-state index < -0.39 is 5.82 Å². The Balaban J connectivity index is 2.63. The highest BCUT2D eigenvalue weighted by Gasteiger charge is 2.11. The average molecular weight is 297 g/mol. The zero-order valence-electron chi connectivity index (χ0n) is 8.77. The third kappa shape index (κ3) is 4.27. The van der Waals surface area contributed by atoms with E-state index in [-0.39, 0.29) is 28.8 Å². The Hall–Kier alpha value is -0.620. The van der Waals surface area contributed by atoms with Gasteiger partial charge in [-0.05, 0) is 24.4 Å². The van der Waals surface area contributed by atoms with E-state index in [9.17, 15) is 4.39 Å². The van der Waals surface area contributed by atoms with Crippen molar-refractivity contribution in [3.63, 3.8) is 0 Å². The molecule has 0 radical (unpaired) electrons. The van der Waals surface area contributed by atoms with Gasteiger partial charge in [0.1, 0.15) is 5.82 Å². The van der Waals surface area contributed by atoms with Crippen molar-refractivity contribution < 1.29 is 9.50 Å². The molecule has 0 fully saturated rings. The summed E-state index contributed by atoms with van der Waals surface area (Å²) < 4.78 is 13.6. The van der Waals surface area contributed by atoms with Crippen LogP contribution >= 0.6 is 35.4 Å². The van der Waals surface area contributed by atoms with Gasteiger partial charge in [0.05, 0.1) is 11.6 Å². The molecule has 1 aromatic rings. The predicted octanol–water partition coefficient (Wildman–Crippen LogP) is 2.09. The second-order valence-electron chi connectivity index (χ2n) is 3.15. The van der Waals surface area contributed by atoms with Gasteiger partial charge in [0.25, 0.3) is 0 Å². The van der Waals surface area contributed by atoms with Crippen molar-refractivity contribution in [1.29, 1.82) is 0 Å². The fourth-order valence-electron chi connectivity index (χ4n) is 1.13. The summed E-state index contributed by atoms with van der Waals surface area (Å²) in [5.74, 6) is -0.559. The normalized spacial score (nSPS) is 10.1. The lowest BCUT2D eigenvalue weighted by Crippen LogP contribution is -2.36. The SMILES string of the molecule is OCCNC(=S)NCc1c(Cl)ccc(Cl)c1F. The first kappa shape index (κ1) is 14.4. The van der Waals surface area contributed by atoms with Crippen molar-refractivity contribution >= 4 is 40.5 Å². The minimum Gasteiger partial charge on any atom is -0.395 e. The van der Waals surface area contributed by atoms with Crippen LogP contribution in [0.3, 0.4) is 0 Å². The van der Waals surface area contributed by atoms with Gasteiger partial charge in [-0.25, -0.2) is 4.39 Å². The summed E-state index contributed by atoms with van der Waals surface area (Å²) in [4.78, 5) is 0. The Kier molecular flexibility index (Phi) is 5.91. The van der Waals surface area contributed by atoms with Crippen LogP contribution < -0.4 is 10.6 Å². The molecule has 0 spiro atoms. The van der Waals surface area contributed by atoms with E-state index in [4.69, 9.17) is 40.5 Å². The Morgan fingerprint density at radius 1 is 1.29 bits per heavy atom. The van der Waals surface area contributed by atoms with Gasteiger partial charge >= 0.3 is 0 Å². The molecule has 94 valence electrons. The fraction of sp³-hybridized carbons (Fsp3) is 0.300. The molecule has 3 N–H and O–H groups in total. The number of nitrogens with one attached hydrogen (secondary N) is 2. The molecule has 0 aliphatic carbocycles. The largest absolute Gasteiger partial charge is 0.395 e. The minimum atomic E-state index is -0.559. The van der Waals surface area contributed by atoms with E-state index >= 15 is 0 Å². The zero-order chi connectivity index (χ0) is 12.8. The molecule has 0 aliphatic heterocycles. The van der Waals surface area contributed by atoms with E-state index in [0.29, 0.717) is 11.7 Å². The lowest BCUT2D eigenvalue weighted by molar-refractivity contribution is 0.300. The van der Waals surface area contributed by atoms with Crippen LogP contribution in [0.15, 0.2) is 12.1 Å². The quantitative estimate of drug-likeness (QED) is 0.588. The first-order valence-corrected chi connectivity index (χ1v) is 5.97. The molecule has 1 aromatic carbocycles. The van der Waals surface area contributed by atoms with Gasteiger partial charge in [0, 0.05) is 23.7 Å². The van der Waals surface area contributed by atoms with Gasteiger partial charge in [-0.1, -0.05) is 23.2 Å². The van der Waals surface area contributed by atoms with Crippen LogP contribution in [0, 0.1) is 5.82 Å². The van der Waals surface area contributed by atoms with Crippen LogP contribution in [-0.2, 0) is 6.54 Å². The molecule has 0 saturated heterocycles. The van der Waals surface area contributed by atoms with E-state index in [0.717, 1.165) is 0 Å². The molecular weight excluding hydrogens is 286 g/mol. The number of hydrogen-bond donors (Lipinski definition) is 3. The third-order valence-corrected chi connectivity index (χ3v) is 2.90. The molecular formula is C10H11Cl2FN2OS. The molecule has 1 rings (SSSR count). The Bertz CT molecular complexity index is 418. The maximum Gasteiger partial charge on any atom is 0.166 e. The number of halogens is 3. The van der Waals surface area contributed by atoms with Crippen molar-refractivity contribution in [2.75, 3.05) is 13.2 Å². The van der Waals surface area contributed by atoms with E-state index in [1.807, 2.05) is 0 Å². The summed E-state index contributed by atoms with van der Waals surface area (Å²) in [6.07, 6.45) is 0. The molecule has 0 bridgehead atoms. The van der Waals surface area contributed by atoms with Gasteiger partial charge in [-0.2, -0.15) is 0 Å². The van der Waals surface area contributed by atoms with E-state index in [2.05, 4.69) is 10.6 Å². The van der Waals surface area contributed by atoms with Gasteiger partial charge in [0.15, 0.2) is 5.11 Å². The summed E-state index contributed by atoms with van der Waals surface area (Å²) in [5.41, 5.74) is 0.257. The van der Waals surface area contributed by atoms with Gasteiger partial charge in [0.2, 0.25) is 0 Å². The summed E-state index contributed by atoms with van der Waals surface area (Å²) in [6.45, 7) is 0.425. The molecule has 0 aromatic heterocycles. The average Bonchev–Trinajstić information content (AvgIpc) is 2.31. The maximum absolute atomic E-state index is 13.6. The lowest BCUT2D eigenvalue weighted by atomic mass is 10.2. The number of aliphatic hydroxyl groups is 1. The molecule has 3 nitrogen and oxygen atoms in total. The van der Waals surface area contributed by atoms with Crippen molar-refractivity contribution in [3.8, 4) is 0 Å². The number of benzene rings is 1. The molecule has 0 heterocycles. The van der Waals surface area contributed by atoms with Gasteiger partial charge in [-0.15, -0.1) is 0 Å². The third-order valence-electron chi connectivity index (χ3n) is 1.96. The van der Waals surface area contributed by atoms with Crippen LogP contribution in [0.25, 0.3) is 0 Å². The first-order valence-electron chi connectivity index (χ1n) is 4.81. The minimum absolute atomic E-state index is 0.0143. The maximum atomic E-state index is 13.6. The topological polar surface area (TPSA) is 44.3 Å². The number of rotatable bonds is 4. The van der Waals surface area contributed by atoms with Crippen molar-refractivity contribution in [2.45, 2.75) is 6.54 Å². The molecule has 7 heteroatoms. The standard InChI is InChI=1S/C10H11Cl2FN2OS/c11-7-1-2-8(12)9(13)6(7)5-15-10(17)14-3-4-16/h1-2,16H,3-5H2,(H2,14,15,17). The summed E-state index contributed by atoms with van der Waals surface area (Å²) in [7, 11) is 0. The smallest absolute Gasteiger partial charge is 0.166 e. The zero-order valence-corrected chi connectivity index (χ0v) is 11.1. The summed E-state index contributed by atoms with van der Waals surface area (Å²) >= 11 is 16.4. The fourth-order valence-corrected chi connectivity index (χ4v) is 1.70. The van der Waals surface area contributed by atoms with Crippen LogP contribution in [-0.4, -0.2) is 23.4 Å². The Morgan fingerprint density at radius 2 is 1.94 bits per heavy atom. The summed E-state index contributed by atoms with van der Waals surface area (Å²) in [6, 6.07) is 2.92. The monoisotopic (exact) mass is 296 g/mol. The molecule has 0 aliphatic rings. The Labute approximate surface area is 114 Å². The lowest BCUT2D eigenvalue weighted by Gasteiger charge is -2.11. The van der Waals surface area contributed by atoms with Crippen LogP contribution in [0.5, 0.6) is 0 Å². The van der Waals surface area contributed by atoms with Gasteiger partial charge in [-0.3, -0.25) is 0 Å². The highest BCUT2D eigenvalue weighted by atomic mass is 35.5. The molecule has 17 heavy (non-hydrogen) atoms. The molecule has 0 amide bonds. The highest BCUT2D eigenvalue weighted by molar-refractivity contribution is 7.80.